The van der Waals surface area contributed by atoms with Crippen LogP contribution in [-0.4, -0.2) is 29.4 Å². The molecule has 0 heterocycles. The fraction of sp³-hybridized carbons (Fsp3) is 0.417. The monoisotopic (exact) mass is 239 g/mol. The van der Waals surface area contributed by atoms with Crippen molar-refractivity contribution in [2.75, 3.05) is 13.2 Å². The summed E-state index contributed by atoms with van der Waals surface area (Å²) >= 11 is 4.26. The molecule has 0 spiro atoms. The van der Waals surface area contributed by atoms with E-state index in [1.165, 1.54) is 0 Å². The fourth-order valence-electron chi connectivity index (χ4n) is 1.34. The predicted molar refractivity (Wildman–Crippen MR) is 67.6 cm³/mol. The number of hydrogen-bond acceptors (Lipinski definition) is 3. The van der Waals surface area contributed by atoms with Gasteiger partial charge in [0.1, 0.15) is 0 Å². The molecule has 2 N–H and O–H groups in total. The molecule has 1 aromatic rings. The highest BCUT2D eigenvalue weighted by molar-refractivity contribution is 7.81. The molecule has 4 heteroatoms. The average Bonchev–Trinajstić information content (AvgIpc) is 2.30. The molecule has 3 nitrogen and oxygen atoms in total. The zero-order valence-electron chi connectivity index (χ0n) is 9.10. The van der Waals surface area contributed by atoms with E-state index in [1.807, 2.05) is 30.3 Å². The smallest absolute Gasteiger partial charge is 0.233 e. The molecule has 88 valence electrons. The van der Waals surface area contributed by atoms with Crippen molar-refractivity contribution < 1.29 is 9.90 Å². The SMILES string of the molecule is O=C(NCCCO)C(S)Cc1ccccc1. The second-order valence-corrected chi connectivity index (χ2v) is 4.20. The van der Waals surface area contributed by atoms with Crippen molar-refractivity contribution in [3.63, 3.8) is 0 Å². The maximum absolute atomic E-state index is 11.6. The minimum absolute atomic E-state index is 0.0827. The lowest BCUT2D eigenvalue weighted by molar-refractivity contribution is -0.120. The number of thiol groups is 1. The van der Waals surface area contributed by atoms with Crippen LogP contribution in [0.25, 0.3) is 0 Å². The molecule has 0 saturated carbocycles. The molecule has 16 heavy (non-hydrogen) atoms. The maximum Gasteiger partial charge on any atom is 0.233 e. The van der Waals surface area contributed by atoms with Crippen molar-refractivity contribution in [3.8, 4) is 0 Å². The van der Waals surface area contributed by atoms with Crippen molar-refractivity contribution in [2.24, 2.45) is 0 Å². The summed E-state index contributed by atoms with van der Waals surface area (Å²) in [5.74, 6) is -0.0827. The van der Waals surface area contributed by atoms with Gasteiger partial charge in [-0.05, 0) is 18.4 Å². The van der Waals surface area contributed by atoms with Crippen molar-refractivity contribution in [1.29, 1.82) is 0 Å². The summed E-state index contributed by atoms with van der Waals surface area (Å²) in [4.78, 5) is 11.6. The number of aliphatic hydroxyl groups is 1. The lowest BCUT2D eigenvalue weighted by atomic mass is 10.1. The fourth-order valence-corrected chi connectivity index (χ4v) is 1.64. The van der Waals surface area contributed by atoms with E-state index in [0.29, 0.717) is 19.4 Å². The van der Waals surface area contributed by atoms with Crippen LogP contribution in [0.2, 0.25) is 0 Å². The molecular weight excluding hydrogens is 222 g/mol. The van der Waals surface area contributed by atoms with Gasteiger partial charge in [-0.15, -0.1) is 0 Å². The third-order valence-electron chi connectivity index (χ3n) is 2.21. The molecule has 1 aromatic carbocycles. The van der Waals surface area contributed by atoms with Crippen LogP contribution in [0.15, 0.2) is 30.3 Å². The Kier molecular flexibility index (Phi) is 5.96. The van der Waals surface area contributed by atoms with Crippen LogP contribution >= 0.6 is 12.6 Å². The van der Waals surface area contributed by atoms with Crippen molar-refractivity contribution in [1.82, 2.24) is 5.32 Å². The number of carbonyl (C=O) groups is 1. The molecule has 1 rings (SSSR count). The first-order chi connectivity index (χ1) is 7.74. The number of amides is 1. The van der Waals surface area contributed by atoms with Gasteiger partial charge < -0.3 is 10.4 Å². The second-order valence-electron chi connectivity index (χ2n) is 3.57. The van der Waals surface area contributed by atoms with Crippen LogP contribution in [0.5, 0.6) is 0 Å². The van der Waals surface area contributed by atoms with Gasteiger partial charge in [0, 0.05) is 13.2 Å². The molecule has 1 unspecified atom stereocenters. The maximum atomic E-state index is 11.6. The van der Waals surface area contributed by atoms with Crippen molar-refractivity contribution >= 4 is 18.5 Å². The van der Waals surface area contributed by atoms with Gasteiger partial charge in [0.25, 0.3) is 0 Å². The van der Waals surface area contributed by atoms with Gasteiger partial charge >= 0.3 is 0 Å². The van der Waals surface area contributed by atoms with E-state index < -0.39 is 0 Å². The molecule has 0 fully saturated rings. The Morgan fingerprint density at radius 1 is 1.38 bits per heavy atom. The molecule has 0 aliphatic heterocycles. The highest BCUT2D eigenvalue weighted by Gasteiger charge is 2.13. The van der Waals surface area contributed by atoms with Crippen LogP contribution in [-0.2, 0) is 11.2 Å². The number of rotatable bonds is 6. The first-order valence-corrected chi connectivity index (χ1v) is 5.86. The Labute approximate surface area is 101 Å². The summed E-state index contributed by atoms with van der Waals surface area (Å²) in [6, 6.07) is 9.78. The summed E-state index contributed by atoms with van der Waals surface area (Å²) in [6.07, 6.45) is 1.20. The number of nitrogens with one attached hydrogen (secondary N) is 1. The van der Waals surface area contributed by atoms with E-state index in [-0.39, 0.29) is 17.8 Å². The van der Waals surface area contributed by atoms with Crippen LogP contribution in [0.4, 0.5) is 0 Å². The van der Waals surface area contributed by atoms with Gasteiger partial charge in [-0.2, -0.15) is 12.6 Å². The molecular formula is C12H17NO2S. The van der Waals surface area contributed by atoms with Gasteiger partial charge in [0.05, 0.1) is 5.25 Å². The molecule has 0 aliphatic carbocycles. The Bertz CT molecular complexity index is 316. The minimum Gasteiger partial charge on any atom is -0.396 e. The predicted octanol–water partition coefficient (Wildman–Crippen LogP) is 1.03. The summed E-state index contributed by atoms with van der Waals surface area (Å²) in [5, 5.41) is 11.0. The topological polar surface area (TPSA) is 49.3 Å². The van der Waals surface area contributed by atoms with Gasteiger partial charge in [0.15, 0.2) is 0 Å². The first kappa shape index (κ1) is 13.1. The quantitative estimate of drug-likeness (QED) is 0.513. The van der Waals surface area contributed by atoms with E-state index in [4.69, 9.17) is 5.11 Å². The molecule has 0 saturated heterocycles. The zero-order chi connectivity index (χ0) is 11.8. The molecule has 0 aromatic heterocycles. The second kappa shape index (κ2) is 7.30. The number of benzene rings is 1. The van der Waals surface area contributed by atoms with Crippen LogP contribution < -0.4 is 5.32 Å². The van der Waals surface area contributed by atoms with Crippen LogP contribution in [0.1, 0.15) is 12.0 Å². The standard InChI is InChI=1S/C12H17NO2S/c14-8-4-7-13-12(15)11(16)9-10-5-2-1-3-6-10/h1-3,5-6,11,14,16H,4,7-9H2,(H,13,15). The normalized spacial score (nSPS) is 12.1. The largest absolute Gasteiger partial charge is 0.396 e. The van der Waals surface area contributed by atoms with E-state index in [9.17, 15) is 4.79 Å². The Morgan fingerprint density at radius 2 is 2.06 bits per heavy atom. The van der Waals surface area contributed by atoms with Gasteiger partial charge in [0.2, 0.25) is 5.91 Å². The Balaban J connectivity index is 2.34. The van der Waals surface area contributed by atoms with Gasteiger partial charge in [-0.3, -0.25) is 4.79 Å². The van der Waals surface area contributed by atoms with Crippen LogP contribution in [0.3, 0.4) is 0 Å². The minimum atomic E-state index is -0.332. The molecule has 1 amide bonds. The number of carbonyl (C=O) groups excluding carboxylic acids is 1. The Morgan fingerprint density at radius 3 is 2.69 bits per heavy atom. The lowest BCUT2D eigenvalue weighted by Crippen LogP contribution is -2.33. The molecule has 0 aliphatic rings. The molecule has 0 radical (unpaired) electrons. The molecule has 0 bridgehead atoms. The molecule has 1 atom stereocenters. The third kappa shape index (κ3) is 4.68. The zero-order valence-corrected chi connectivity index (χ0v) is 9.99. The van der Waals surface area contributed by atoms with E-state index in [0.717, 1.165) is 5.56 Å². The number of hydrogen-bond donors (Lipinski definition) is 3. The highest BCUT2D eigenvalue weighted by atomic mass is 32.1. The number of aliphatic hydroxyl groups excluding tert-OH is 1. The Hall–Kier alpha value is -1.00. The van der Waals surface area contributed by atoms with E-state index in [2.05, 4.69) is 17.9 Å². The van der Waals surface area contributed by atoms with Crippen molar-refractivity contribution in [2.45, 2.75) is 18.1 Å². The average molecular weight is 239 g/mol. The van der Waals surface area contributed by atoms with Crippen LogP contribution in [0, 0.1) is 0 Å². The van der Waals surface area contributed by atoms with Crippen molar-refractivity contribution in [3.05, 3.63) is 35.9 Å². The van der Waals surface area contributed by atoms with E-state index in [1.54, 1.807) is 0 Å². The van der Waals surface area contributed by atoms with Gasteiger partial charge in [-0.1, -0.05) is 30.3 Å². The summed E-state index contributed by atoms with van der Waals surface area (Å²) in [7, 11) is 0. The summed E-state index contributed by atoms with van der Waals surface area (Å²) in [6.45, 7) is 0.595. The van der Waals surface area contributed by atoms with E-state index >= 15 is 0 Å². The summed E-state index contributed by atoms with van der Waals surface area (Å²) in [5.41, 5.74) is 1.10. The highest BCUT2D eigenvalue weighted by Crippen LogP contribution is 2.07. The lowest BCUT2D eigenvalue weighted by Gasteiger charge is -2.11. The first-order valence-electron chi connectivity index (χ1n) is 5.34. The third-order valence-corrected chi connectivity index (χ3v) is 2.63. The summed E-state index contributed by atoms with van der Waals surface area (Å²) < 4.78 is 0. The van der Waals surface area contributed by atoms with Gasteiger partial charge in [-0.25, -0.2) is 0 Å².